The molecule has 100 valence electrons. The Morgan fingerprint density at radius 1 is 1.44 bits per heavy atom. The maximum atomic E-state index is 10.8. The Morgan fingerprint density at radius 3 is 2.67 bits per heavy atom. The lowest BCUT2D eigenvalue weighted by Gasteiger charge is -2.30. The number of hydrogen-bond acceptors (Lipinski definition) is 3. The molecule has 0 saturated carbocycles. The molecule has 0 bridgehead atoms. The third-order valence-electron chi connectivity index (χ3n) is 2.79. The Kier molecular flexibility index (Phi) is 4.59. The van der Waals surface area contributed by atoms with E-state index in [1.165, 1.54) is 0 Å². The first kappa shape index (κ1) is 14.4. The summed E-state index contributed by atoms with van der Waals surface area (Å²) in [4.78, 5) is 12.8. The van der Waals surface area contributed by atoms with Gasteiger partial charge in [0.2, 0.25) is 0 Å². The third-order valence-corrected chi connectivity index (χ3v) is 2.79. The zero-order valence-corrected chi connectivity index (χ0v) is 11.4. The molecule has 18 heavy (non-hydrogen) atoms. The normalized spacial score (nSPS) is 11.1. The summed E-state index contributed by atoms with van der Waals surface area (Å²) in [6.45, 7) is 4.59. The lowest BCUT2D eigenvalue weighted by molar-refractivity contribution is -0.139. The molecule has 1 N–H and O–H groups in total. The average Bonchev–Trinajstić information content (AvgIpc) is 2.26. The topological polar surface area (TPSA) is 49.8 Å². The molecule has 1 aromatic rings. The molecule has 0 aliphatic rings. The molecule has 0 radical (unpaired) electrons. The first-order valence-corrected chi connectivity index (χ1v) is 5.91. The summed E-state index contributed by atoms with van der Waals surface area (Å²) in [7, 11) is 3.59. The van der Waals surface area contributed by atoms with E-state index >= 15 is 0 Å². The van der Waals surface area contributed by atoms with Crippen LogP contribution in [0.2, 0.25) is 0 Å². The maximum absolute atomic E-state index is 10.8. The largest absolute Gasteiger partial charge is 0.497 e. The third kappa shape index (κ3) is 4.28. The molecule has 0 heterocycles. The van der Waals surface area contributed by atoms with Crippen molar-refractivity contribution in [2.24, 2.45) is 5.41 Å². The molecule has 0 fully saturated rings. The predicted octanol–water partition coefficient (Wildman–Crippen LogP) is 2.63. The summed E-state index contributed by atoms with van der Waals surface area (Å²) in [5.41, 5.74) is 0.747. The van der Waals surface area contributed by atoms with Crippen LogP contribution in [0.25, 0.3) is 0 Å². The summed E-state index contributed by atoms with van der Waals surface area (Å²) in [5.74, 6) is 0.0365. The SMILES string of the molecule is COc1cccc(N(C)CC(C)(C)CC(=O)O)c1. The van der Waals surface area contributed by atoms with Crippen molar-refractivity contribution in [2.45, 2.75) is 20.3 Å². The van der Waals surface area contributed by atoms with Gasteiger partial charge in [-0.2, -0.15) is 0 Å². The number of carboxylic acids is 1. The highest BCUT2D eigenvalue weighted by atomic mass is 16.5. The van der Waals surface area contributed by atoms with E-state index in [0.29, 0.717) is 6.54 Å². The van der Waals surface area contributed by atoms with Gasteiger partial charge in [-0.05, 0) is 17.5 Å². The van der Waals surface area contributed by atoms with Gasteiger partial charge in [-0.15, -0.1) is 0 Å². The number of carbonyl (C=O) groups is 1. The fourth-order valence-electron chi connectivity index (χ4n) is 2.05. The molecule has 0 saturated heterocycles. The average molecular weight is 251 g/mol. The number of anilines is 1. The van der Waals surface area contributed by atoms with E-state index in [4.69, 9.17) is 9.84 Å². The second-order valence-electron chi connectivity index (χ2n) is 5.29. The number of benzene rings is 1. The number of carboxylic acid groups (broad SMARTS) is 1. The van der Waals surface area contributed by atoms with Gasteiger partial charge in [0.1, 0.15) is 5.75 Å². The van der Waals surface area contributed by atoms with Crippen molar-refractivity contribution in [3.63, 3.8) is 0 Å². The Morgan fingerprint density at radius 2 is 2.11 bits per heavy atom. The molecule has 0 spiro atoms. The van der Waals surface area contributed by atoms with Crippen LogP contribution < -0.4 is 9.64 Å². The highest BCUT2D eigenvalue weighted by Crippen LogP contribution is 2.26. The Labute approximate surface area is 108 Å². The zero-order valence-electron chi connectivity index (χ0n) is 11.4. The standard InChI is InChI=1S/C14H21NO3/c1-14(2,9-13(16)17)10-15(3)11-6-5-7-12(8-11)18-4/h5-8H,9-10H2,1-4H3,(H,16,17). The van der Waals surface area contributed by atoms with E-state index in [-0.39, 0.29) is 11.8 Å². The molecule has 1 aromatic carbocycles. The van der Waals surface area contributed by atoms with Crippen molar-refractivity contribution in [3.05, 3.63) is 24.3 Å². The minimum Gasteiger partial charge on any atom is -0.497 e. The summed E-state index contributed by atoms with van der Waals surface area (Å²) >= 11 is 0. The highest BCUT2D eigenvalue weighted by Gasteiger charge is 2.23. The van der Waals surface area contributed by atoms with E-state index in [9.17, 15) is 4.79 Å². The minimum absolute atomic E-state index is 0.154. The van der Waals surface area contributed by atoms with Crippen LogP contribution in [-0.4, -0.2) is 31.8 Å². The minimum atomic E-state index is -0.765. The van der Waals surface area contributed by atoms with E-state index in [1.54, 1.807) is 7.11 Å². The number of nitrogens with zero attached hydrogens (tertiary/aromatic N) is 1. The summed E-state index contributed by atoms with van der Waals surface area (Å²) < 4.78 is 5.18. The van der Waals surface area contributed by atoms with Crippen LogP contribution >= 0.6 is 0 Å². The van der Waals surface area contributed by atoms with Gasteiger partial charge >= 0.3 is 5.97 Å². The molecular formula is C14H21NO3. The molecule has 4 nitrogen and oxygen atoms in total. The first-order valence-electron chi connectivity index (χ1n) is 5.91. The van der Waals surface area contributed by atoms with Crippen LogP contribution in [0, 0.1) is 5.41 Å². The second kappa shape index (κ2) is 5.76. The van der Waals surface area contributed by atoms with E-state index < -0.39 is 5.97 Å². The maximum Gasteiger partial charge on any atom is 0.303 e. The summed E-state index contributed by atoms with van der Waals surface area (Å²) in [6, 6.07) is 7.74. The Hall–Kier alpha value is -1.71. The quantitative estimate of drug-likeness (QED) is 0.844. The smallest absolute Gasteiger partial charge is 0.303 e. The van der Waals surface area contributed by atoms with Crippen molar-refractivity contribution in [3.8, 4) is 5.75 Å². The molecule has 1 rings (SSSR count). The Bertz CT molecular complexity index is 415. The van der Waals surface area contributed by atoms with Gasteiger partial charge in [0.25, 0.3) is 0 Å². The number of aliphatic carboxylic acids is 1. The second-order valence-corrected chi connectivity index (χ2v) is 5.29. The molecule has 0 aromatic heterocycles. The Balaban J connectivity index is 2.74. The van der Waals surface area contributed by atoms with E-state index in [0.717, 1.165) is 11.4 Å². The highest BCUT2D eigenvalue weighted by molar-refractivity contribution is 5.67. The lowest BCUT2D eigenvalue weighted by Crippen LogP contribution is -2.33. The van der Waals surface area contributed by atoms with Gasteiger partial charge in [-0.25, -0.2) is 0 Å². The lowest BCUT2D eigenvalue weighted by atomic mass is 9.88. The van der Waals surface area contributed by atoms with Crippen molar-refractivity contribution in [1.29, 1.82) is 0 Å². The van der Waals surface area contributed by atoms with Crippen LogP contribution in [0.3, 0.4) is 0 Å². The van der Waals surface area contributed by atoms with Gasteiger partial charge in [-0.3, -0.25) is 4.79 Å². The summed E-state index contributed by atoms with van der Waals surface area (Å²) in [6.07, 6.45) is 0.154. The molecular weight excluding hydrogens is 230 g/mol. The first-order chi connectivity index (χ1) is 8.34. The number of hydrogen-bond donors (Lipinski definition) is 1. The van der Waals surface area contributed by atoms with Gasteiger partial charge < -0.3 is 14.7 Å². The van der Waals surface area contributed by atoms with Crippen molar-refractivity contribution in [2.75, 3.05) is 25.6 Å². The molecule has 0 unspecified atom stereocenters. The number of rotatable bonds is 6. The summed E-state index contributed by atoms with van der Waals surface area (Å²) in [5, 5.41) is 8.88. The molecule has 0 aliphatic carbocycles. The van der Waals surface area contributed by atoms with Gasteiger partial charge in [0.05, 0.1) is 13.5 Å². The van der Waals surface area contributed by atoms with Gasteiger partial charge in [0, 0.05) is 25.3 Å². The van der Waals surface area contributed by atoms with E-state index in [1.807, 2.05) is 50.1 Å². The molecule has 0 amide bonds. The monoisotopic (exact) mass is 251 g/mol. The zero-order chi connectivity index (χ0) is 13.8. The van der Waals surface area contributed by atoms with Crippen molar-refractivity contribution >= 4 is 11.7 Å². The van der Waals surface area contributed by atoms with Crippen molar-refractivity contribution < 1.29 is 14.6 Å². The number of methoxy groups -OCH3 is 1. The van der Waals surface area contributed by atoms with Crippen molar-refractivity contribution in [1.82, 2.24) is 0 Å². The van der Waals surface area contributed by atoms with Gasteiger partial charge in [-0.1, -0.05) is 19.9 Å². The predicted molar refractivity (Wildman–Crippen MR) is 72.3 cm³/mol. The molecule has 0 atom stereocenters. The molecule has 4 heteroatoms. The molecule has 0 aliphatic heterocycles. The number of ether oxygens (including phenoxy) is 1. The van der Waals surface area contributed by atoms with Gasteiger partial charge in [0.15, 0.2) is 0 Å². The van der Waals surface area contributed by atoms with Crippen LogP contribution in [0.1, 0.15) is 20.3 Å². The fraction of sp³-hybridized carbons (Fsp3) is 0.500. The van der Waals surface area contributed by atoms with E-state index in [2.05, 4.69) is 0 Å². The fourth-order valence-corrected chi connectivity index (χ4v) is 2.05. The van der Waals surface area contributed by atoms with Crippen LogP contribution in [0.15, 0.2) is 24.3 Å². The van der Waals surface area contributed by atoms with Crippen LogP contribution in [-0.2, 0) is 4.79 Å². The van der Waals surface area contributed by atoms with Crippen LogP contribution in [0.4, 0.5) is 5.69 Å². The van der Waals surface area contributed by atoms with Crippen LogP contribution in [0.5, 0.6) is 5.75 Å².